The van der Waals surface area contributed by atoms with Crippen molar-refractivity contribution in [3.63, 3.8) is 0 Å². The van der Waals surface area contributed by atoms with Crippen molar-refractivity contribution in [3.05, 3.63) is 48.0 Å². The minimum atomic E-state index is -6.11. The first-order valence-electron chi connectivity index (χ1n) is 7.97. The highest BCUT2D eigenvalue weighted by molar-refractivity contribution is 6.22. The summed E-state index contributed by atoms with van der Waals surface area (Å²) < 4.78 is 133. The number of nitrogen functional groups attached to an aromatic ring is 2. The van der Waals surface area contributed by atoms with Crippen LogP contribution >= 0.6 is 11.6 Å². The zero-order valence-corrected chi connectivity index (χ0v) is 16.1. The van der Waals surface area contributed by atoms with Gasteiger partial charge in [-0.3, -0.25) is 0 Å². The number of ether oxygens (including phenoxy) is 2. The van der Waals surface area contributed by atoms with Crippen molar-refractivity contribution < 1.29 is 53.4 Å². The van der Waals surface area contributed by atoms with Gasteiger partial charge in [0.2, 0.25) is 0 Å². The van der Waals surface area contributed by atoms with Crippen molar-refractivity contribution in [2.24, 2.45) is 0 Å². The Hall–Kier alpha value is -2.77. The number of benzene rings is 2. The first-order valence-corrected chi connectivity index (χ1v) is 8.35. The van der Waals surface area contributed by atoms with E-state index in [1.165, 1.54) is 12.1 Å². The van der Waals surface area contributed by atoms with Gasteiger partial charge >= 0.3 is 30.4 Å². The summed E-state index contributed by atoms with van der Waals surface area (Å²) in [6.07, 6.45) is -6.11. The van der Waals surface area contributed by atoms with Gasteiger partial charge < -0.3 is 20.9 Å². The molecule has 0 fully saturated rings. The predicted molar refractivity (Wildman–Crippen MR) is 94.6 cm³/mol. The van der Waals surface area contributed by atoms with Crippen LogP contribution in [0.5, 0.6) is 11.5 Å². The van der Waals surface area contributed by atoms with Crippen LogP contribution in [0.3, 0.4) is 0 Å². The van der Waals surface area contributed by atoms with Crippen molar-refractivity contribution in [1.82, 2.24) is 0 Å². The second-order valence-corrected chi connectivity index (χ2v) is 6.18. The molecule has 0 bridgehead atoms. The highest BCUT2D eigenvalue weighted by Crippen LogP contribution is 2.55. The molecule has 0 aliphatic carbocycles. The molecule has 180 valence electrons. The second kappa shape index (κ2) is 10.2. The van der Waals surface area contributed by atoms with Crippen molar-refractivity contribution >= 4 is 23.0 Å². The van der Waals surface area contributed by atoms with Crippen molar-refractivity contribution in [2.45, 2.75) is 30.4 Å². The Balaban J connectivity index is 0.000000389. The molecule has 2 rings (SSSR count). The Morgan fingerprint density at radius 2 is 1.19 bits per heavy atom. The first kappa shape index (κ1) is 27.3. The third-order valence-electron chi connectivity index (χ3n) is 3.54. The summed E-state index contributed by atoms with van der Waals surface area (Å²) in [7, 11) is 0. The van der Waals surface area contributed by atoms with E-state index in [4.69, 9.17) is 11.5 Å². The molecule has 0 saturated heterocycles. The fourth-order valence-corrected chi connectivity index (χ4v) is 2.33. The summed E-state index contributed by atoms with van der Waals surface area (Å²) >= 11 is 4.21. The highest BCUT2D eigenvalue weighted by Gasteiger charge is 2.71. The number of para-hydroxylation sites is 2. The zero-order valence-electron chi connectivity index (χ0n) is 15.3. The van der Waals surface area contributed by atoms with Crippen LogP contribution in [0.15, 0.2) is 42.5 Å². The normalized spacial score (nSPS) is 13.9. The third kappa shape index (κ3) is 6.61. The molecule has 1 atom stereocenters. The Kier molecular flexibility index (Phi) is 8.72. The third-order valence-corrected chi connectivity index (χ3v) is 3.80. The van der Waals surface area contributed by atoms with Crippen LogP contribution in [0, 0.1) is 0 Å². The first-order chi connectivity index (χ1) is 14.5. The summed E-state index contributed by atoms with van der Waals surface area (Å²) in [6.45, 7) is -6.32. The van der Waals surface area contributed by atoms with Crippen LogP contribution in [0.4, 0.5) is 55.3 Å². The monoisotopic (exact) mass is 502 g/mol. The average Bonchev–Trinajstić information content (AvgIpc) is 2.63. The van der Waals surface area contributed by atoms with E-state index in [1.54, 1.807) is 12.1 Å². The Morgan fingerprint density at radius 1 is 0.719 bits per heavy atom. The number of alkyl halides is 11. The van der Waals surface area contributed by atoms with Gasteiger partial charge in [0, 0.05) is 5.56 Å². The summed E-state index contributed by atoms with van der Waals surface area (Å²) in [4.78, 5) is 0. The maximum atomic E-state index is 13.9. The van der Waals surface area contributed by atoms with Crippen molar-refractivity contribution in [3.8, 4) is 11.5 Å². The molecule has 0 radical (unpaired) electrons. The molecule has 0 aromatic heterocycles. The number of hydrogen-bond acceptors (Lipinski definition) is 4. The maximum Gasteiger partial charge on any atom is 0.434 e. The van der Waals surface area contributed by atoms with Gasteiger partial charge in [-0.25, -0.2) is 4.39 Å². The van der Waals surface area contributed by atoms with Crippen LogP contribution in [0.1, 0.15) is 5.56 Å². The van der Waals surface area contributed by atoms with Crippen LogP contribution in [-0.2, 0) is 5.67 Å². The van der Waals surface area contributed by atoms with E-state index in [2.05, 4.69) is 21.1 Å². The topological polar surface area (TPSA) is 70.5 Å². The fraction of sp³-hybridized carbons (Fsp3) is 0.294. The summed E-state index contributed by atoms with van der Waals surface area (Å²) in [6, 6.07) is 6.86. The molecule has 0 aliphatic heterocycles. The van der Waals surface area contributed by atoms with Crippen LogP contribution < -0.4 is 20.9 Å². The predicted octanol–water partition coefficient (Wildman–Crippen LogP) is 6.30. The van der Waals surface area contributed by atoms with Crippen molar-refractivity contribution in [1.29, 1.82) is 0 Å². The van der Waals surface area contributed by atoms with Gasteiger partial charge in [-0.2, -0.15) is 39.5 Å². The molecule has 2 aromatic carbocycles. The molecule has 0 aliphatic rings. The zero-order chi connectivity index (χ0) is 24.9. The van der Waals surface area contributed by atoms with E-state index in [0.717, 1.165) is 0 Å². The van der Waals surface area contributed by atoms with E-state index >= 15 is 0 Å². The lowest BCUT2D eigenvalue weighted by molar-refractivity contribution is -0.286. The van der Waals surface area contributed by atoms with E-state index in [1.807, 2.05) is 0 Å². The molecule has 0 saturated carbocycles. The molecule has 0 spiro atoms. The smallest absolute Gasteiger partial charge is 0.433 e. The average molecular weight is 503 g/mol. The summed E-state index contributed by atoms with van der Waals surface area (Å²) in [5, 5.41) is -5.39. The number of rotatable bonds is 6. The van der Waals surface area contributed by atoms with E-state index in [0.29, 0.717) is 6.07 Å². The number of anilines is 2. The summed E-state index contributed by atoms with van der Waals surface area (Å²) in [5.41, 5.74) is 3.01. The molecule has 2 aromatic rings. The molecule has 32 heavy (non-hydrogen) atoms. The Bertz CT molecular complexity index is 876. The van der Waals surface area contributed by atoms with Gasteiger partial charge in [-0.15, -0.1) is 0 Å². The van der Waals surface area contributed by atoms with Gasteiger partial charge in [-0.05, 0) is 35.9 Å². The van der Waals surface area contributed by atoms with Gasteiger partial charge in [0.25, 0.3) is 0 Å². The molecule has 1 unspecified atom stereocenters. The van der Waals surface area contributed by atoms with Gasteiger partial charge in [0.05, 0.1) is 11.4 Å². The number of nitrogens with two attached hydrogens (primary N) is 2. The maximum absolute atomic E-state index is 13.9. The minimum absolute atomic E-state index is 0.00866. The van der Waals surface area contributed by atoms with E-state index < -0.39 is 47.5 Å². The molecular weight excluding hydrogens is 490 g/mol. The molecule has 4 nitrogen and oxygen atoms in total. The van der Waals surface area contributed by atoms with Gasteiger partial charge in [0.15, 0.2) is 0 Å². The Labute approximate surface area is 178 Å². The lowest BCUT2D eigenvalue weighted by Gasteiger charge is -2.31. The number of hydrogen-bond donors (Lipinski definition) is 2. The quantitative estimate of drug-likeness (QED) is 0.276. The SMILES string of the molecule is Nc1ccc(C(F)(C(F)(F)F)C(F)(F)Cl)cc1OC(F)F.Nc1ccccc1OC(F)F. The molecular formula is C17H13ClF10N2O2. The minimum Gasteiger partial charge on any atom is -0.433 e. The molecule has 0 amide bonds. The van der Waals surface area contributed by atoms with Crippen LogP contribution in [0.2, 0.25) is 0 Å². The van der Waals surface area contributed by atoms with Gasteiger partial charge in [-0.1, -0.05) is 18.2 Å². The van der Waals surface area contributed by atoms with Crippen LogP contribution in [0.25, 0.3) is 0 Å². The van der Waals surface area contributed by atoms with E-state index in [9.17, 15) is 43.9 Å². The highest BCUT2D eigenvalue weighted by atomic mass is 35.5. The number of halogens is 11. The van der Waals surface area contributed by atoms with Crippen molar-refractivity contribution in [2.75, 3.05) is 11.5 Å². The Morgan fingerprint density at radius 3 is 1.62 bits per heavy atom. The van der Waals surface area contributed by atoms with Gasteiger partial charge in [0.1, 0.15) is 11.5 Å². The lowest BCUT2D eigenvalue weighted by atomic mass is 9.94. The fourth-order valence-electron chi connectivity index (χ4n) is 2.12. The summed E-state index contributed by atoms with van der Waals surface area (Å²) in [5.74, 6) is -1.07. The standard InChI is InChI=1S/C10H6ClF8NO.C7H7F2NO/c11-9(15,16)8(14,10(17,18)19)4-1-2-5(20)6(3-4)21-7(12)13;8-7(9)11-6-4-2-1-3-5(6)10/h1-3,7H,20H2;1-4,7H,10H2. The largest absolute Gasteiger partial charge is 0.434 e. The lowest BCUT2D eigenvalue weighted by Crippen LogP contribution is -2.49. The molecule has 0 heterocycles. The molecule has 4 N–H and O–H groups in total. The van der Waals surface area contributed by atoms with Crippen LogP contribution in [-0.4, -0.2) is 24.8 Å². The van der Waals surface area contributed by atoms with E-state index in [-0.39, 0.29) is 23.6 Å². The molecule has 15 heteroatoms. The second-order valence-electron chi connectivity index (χ2n) is 5.70.